The molecule has 1 aliphatic rings. The number of nitrogens with zero attached hydrogens (tertiary/aromatic N) is 2. The number of hydrogen-bond donors (Lipinski definition) is 1. The van der Waals surface area contributed by atoms with E-state index < -0.39 is 0 Å². The number of anilines is 1. The predicted octanol–water partition coefficient (Wildman–Crippen LogP) is 3.21. The van der Waals surface area contributed by atoms with Crippen LogP contribution in [-0.2, 0) is 12.8 Å². The third-order valence-electron chi connectivity index (χ3n) is 3.25. The van der Waals surface area contributed by atoms with Crippen LogP contribution >= 0.6 is 22.7 Å². The molecular weight excluding hydrogens is 294 g/mol. The first-order valence-corrected chi connectivity index (χ1v) is 7.85. The van der Waals surface area contributed by atoms with Crippen molar-refractivity contribution in [1.82, 2.24) is 10.1 Å². The van der Waals surface area contributed by atoms with Gasteiger partial charge in [0.05, 0.1) is 0 Å². The topological polar surface area (TPSA) is 68.0 Å². The fourth-order valence-electron chi connectivity index (χ4n) is 2.35. The third kappa shape index (κ3) is 1.78. The maximum Gasteiger partial charge on any atom is 0.279 e. The van der Waals surface area contributed by atoms with Crippen molar-refractivity contribution in [3.8, 4) is 11.3 Å². The van der Waals surface area contributed by atoms with Gasteiger partial charge in [-0.25, -0.2) is 4.98 Å². The summed E-state index contributed by atoms with van der Waals surface area (Å²) in [5.74, 6) is 0.473. The zero-order valence-electron chi connectivity index (χ0n) is 10.3. The third-order valence-corrected chi connectivity index (χ3v) is 4.92. The molecule has 0 saturated heterocycles. The van der Waals surface area contributed by atoms with Gasteiger partial charge in [-0.05, 0) is 24.3 Å². The summed E-state index contributed by atoms with van der Waals surface area (Å²) >= 11 is 3.09. The lowest BCUT2D eigenvalue weighted by atomic mass is 9.95. The Bertz CT molecular complexity index is 774. The zero-order chi connectivity index (χ0) is 13.5. The second kappa shape index (κ2) is 4.53. The number of carbonyl (C=O) groups excluding carboxylic acids is 1. The Morgan fingerprint density at radius 2 is 2.25 bits per heavy atom. The van der Waals surface area contributed by atoms with Crippen LogP contribution in [0.3, 0.4) is 0 Å². The summed E-state index contributed by atoms with van der Waals surface area (Å²) in [6.07, 6.45) is 3.36. The molecule has 0 saturated carbocycles. The number of thiophene rings is 1. The van der Waals surface area contributed by atoms with Crippen molar-refractivity contribution in [2.75, 3.05) is 5.32 Å². The van der Waals surface area contributed by atoms with Crippen LogP contribution in [0.2, 0.25) is 0 Å². The minimum atomic E-state index is -0.261. The van der Waals surface area contributed by atoms with E-state index in [1.165, 1.54) is 16.2 Å². The predicted molar refractivity (Wildman–Crippen MR) is 77.3 cm³/mol. The van der Waals surface area contributed by atoms with Gasteiger partial charge in [0.1, 0.15) is 0 Å². The molecule has 0 atom stereocenters. The van der Waals surface area contributed by atoms with Crippen molar-refractivity contribution < 1.29 is 9.32 Å². The van der Waals surface area contributed by atoms with E-state index >= 15 is 0 Å². The minimum Gasteiger partial charge on any atom is -0.355 e. The average molecular weight is 303 g/mol. The smallest absolute Gasteiger partial charge is 0.279 e. The lowest BCUT2D eigenvalue weighted by molar-refractivity contribution is 0.101. The maximum atomic E-state index is 12.2. The molecule has 0 fully saturated rings. The average Bonchev–Trinajstić information content (AvgIpc) is 3.17. The summed E-state index contributed by atoms with van der Waals surface area (Å²) in [6, 6.07) is 2.02. The monoisotopic (exact) mass is 303 g/mol. The summed E-state index contributed by atoms with van der Waals surface area (Å²) in [4.78, 5) is 17.6. The maximum absolute atomic E-state index is 12.2. The van der Waals surface area contributed by atoms with E-state index in [1.807, 2.05) is 16.8 Å². The number of aromatic nitrogens is 2. The van der Waals surface area contributed by atoms with E-state index in [0.29, 0.717) is 10.8 Å². The van der Waals surface area contributed by atoms with E-state index in [4.69, 9.17) is 4.52 Å². The molecule has 1 N–H and O–H groups in total. The van der Waals surface area contributed by atoms with Gasteiger partial charge in [0.15, 0.2) is 16.6 Å². The largest absolute Gasteiger partial charge is 0.355 e. The molecule has 0 aromatic carbocycles. The summed E-state index contributed by atoms with van der Waals surface area (Å²) in [6.45, 7) is 0. The van der Waals surface area contributed by atoms with Crippen LogP contribution < -0.4 is 5.32 Å². The Balaban J connectivity index is 1.70. The van der Waals surface area contributed by atoms with Crippen LogP contribution in [0.25, 0.3) is 11.3 Å². The number of aryl methyl sites for hydroxylation is 1. The van der Waals surface area contributed by atoms with Gasteiger partial charge in [-0.3, -0.25) is 10.1 Å². The van der Waals surface area contributed by atoms with E-state index in [0.717, 1.165) is 29.7 Å². The Morgan fingerprint density at radius 1 is 1.30 bits per heavy atom. The normalized spacial score (nSPS) is 12.8. The number of amides is 1. The Kier molecular flexibility index (Phi) is 2.68. The number of nitrogens with one attached hydrogen (secondary N) is 1. The highest BCUT2D eigenvalue weighted by molar-refractivity contribution is 7.13. The molecule has 0 unspecified atom stereocenters. The van der Waals surface area contributed by atoms with E-state index in [-0.39, 0.29) is 5.91 Å². The molecule has 3 aromatic rings. The molecule has 4 rings (SSSR count). The summed E-state index contributed by atoms with van der Waals surface area (Å²) in [7, 11) is 0. The number of thiazole rings is 1. The molecular formula is C13H9N3O2S2. The van der Waals surface area contributed by atoms with Gasteiger partial charge in [-0.1, -0.05) is 5.16 Å². The van der Waals surface area contributed by atoms with Gasteiger partial charge >= 0.3 is 0 Å². The Labute approximate surface area is 122 Å². The van der Waals surface area contributed by atoms with Crippen LogP contribution in [0.15, 0.2) is 27.5 Å². The quantitative estimate of drug-likeness (QED) is 0.789. The van der Waals surface area contributed by atoms with Crippen molar-refractivity contribution in [3.63, 3.8) is 0 Å². The van der Waals surface area contributed by atoms with E-state index in [1.54, 1.807) is 17.5 Å². The van der Waals surface area contributed by atoms with Crippen molar-refractivity contribution in [2.45, 2.75) is 12.8 Å². The molecule has 20 heavy (non-hydrogen) atoms. The molecule has 5 nitrogen and oxygen atoms in total. The van der Waals surface area contributed by atoms with Gasteiger partial charge < -0.3 is 4.52 Å². The van der Waals surface area contributed by atoms with Gasteiger partial charge in [0.25, 0.3) is 5.91 Å². The first-order valence-electron chi connectivity index (χ1n) is 6.09. The van der Waals surface area contributed by atoms with Crippen LogP contribution in [0.5, 0.6) is 0 Å². The number of carbonyl (C=O) groups is 1. The van der Waals surface area contributed by atoms with Crippen molar-refractivity contribution in [1.29, 1.82) is 0 Å². The molecule has 100 valence electrons. The van der Waals surface area contributed by atoms with Crippen LogP contribution in [0.4, 0.5) is 5.13 Å². The number of fused-ring (bicyclic) bond motifs is 3. The summed E-state index contributed by atoms with van der Waals surface area (Å²) < 4.78 is 5.39. The molecule has 1 aliphatic carbocycles. The molecule has 0 spiro atoms. The Hall–Kier alpha value is -1.99. The molecule has 3 heterocycles. The van der Waals surface area contributed by atoms with Crippen molar-refractivity contribution >= 4 is 33.7 Å². The van der Waals surface area contributed by atoms with Crippen LogP contribution in [0.1, 0.15) is 20.9 Å². The SMILES string of the molecule is O=C(Nc1nccs1)c1noc2c1CCc1sccc1-2. The fourth-order valence-corrected chi connectivity index (χ4v) is 3.75. The van der Waals surface area contributed by atoms with E-state index in [9.17, 15) is 4.79 Å². The highest BCUT2D eigenvalue weighted by Gasteiger charge is 2.28. The second-order valence-electron chi connectivity index (χ2n) is 4.39. The lowest BCUT2D eigenvalue weighted by Crippen LogP contribution is -2.15. The number of hydrogen-bond acceptors (Lipinski definition) is 6. The van der Waals surface area contributed by atoms with Gasteiger partial charge in [-0.2, -0.15) is 0 Å². The molecule has 0 aliphatic heterocycles. The van der Waals surface area contributed by atoms with E-state index in [2.05, 4.69) is 15.5 Å². The zero-order valence-corrected chi connectivity index (χ0v) is 11.9. The summed E-state index contributed by atoms with van der Waals surface area (Å²) in [5.41, 5.74) is 2.33. The number of rotatable bonds is 2. The second-order valence-corrected chi connectivity index (χ2v) is 6.28. The first kappa shape index (κ1) is 11.8. The summed E-state index contributed by atoms with van der Waals surface area (Å²) in [5, 5.41) is 11.1. The van der Waals surface area contributed by atoms with Gasteiger partial charge in [0, 0.05) is 27.6 Å². The van der Waals surface area contributed by atoms with Gasteiger partial charge in [0.2, 0.25) is 0 Å². The minimum absolute atomic E-state index is 0.261. The highest BCUT2D eigenvalue weighted by Crippen LogP contribution is 2.38. The first-order chi connectivity index (χ1) is 9.83. The Morgan fingerprint density at radius 3 is 3.10 bits per heavy atom. The molecule has 0 radical (unpaired) electrons. The molecule has 1 amide bonds. The van der Waals surface area contributed by atoms with Crippen molar-refractivity contribution in [3.05, 3.63) is 39.2 Å². The van der Waals surface area contributed by atoms with Crippen LogP contribution in [0, 0.1) is 0 Å². The fraction of sp³-hybridized carbons (Fsp3) is 0.154. The van der Waals surface area contributed by atoms with Gasteiger partial charge in [-0.15, -0.1) is 22.7 Å². The molecule has 3 aromatic heterocycles. The lowest BCUT2D eigenvalue weighted by Gasteiger charge is -2.10. The molecule has 0 bridgehead atoms. The van der Waals surface area contributed by atoms with Crippen LogP contribution in [-0.4, -0.2) is 16.0 Å². The molecule has 7 heteroatoms. The van der Waals surface area contributed by atoms with Crippen molar-refractivity contribution in [2.24, 2.45) is 0 Å². The highest BCUT2D eigenvalue weighted by atomic mass is 32.1. The standard InChI is InChI=1S/C13H9N3O2S2/c17-12(15-13-14-4-6-20-13)10-8-1-2-9-7(3-5-19-9)11(8)18-16-10/h3-6H,1-2H2,(H,14,15,17).